The number of anilines is 1. The Bertz CT molecular complexity index is 637. The van der Waals surface area contributed by atoms with Gasteiger partial charge in [-0.1, -0.05) is 29.4 Å². The van der Waals surface area contributed by atoms with Crippen molar-refractivity contribution in [2.75, 3.05) is 18.7 Å². The van der Waals surface area contributed by atoms with Gasteiger partial charge >= 0.3 is 0 Å². The van der Waals surface area contributed by atoms with E-state index in [1.165, 1.54) is 18.0 Å². The molecule has 1 amide bonds. The number of carbonyl (C=O) groups excluding carboxylic acids is 1. The summed E-state index contributed by atoms with van der Waals surface area (Å²) >= 11 is 7.34. The molecule has 7 heteroatoms. The van der Waals surface area contributed by atoms with Crippen LogP contribution in [0.2, 0.25) is 5.15 Å². The Balaban J connectivity index is 2.19. The molecule has 0 atom stereocenters. The van der Waals surface area contributed by atoms with Crippen molar-refractivity contribution in [1.82, 2.24) is 9.97 Å². The largest absolute Gasteiger partial charge is 0.497 e. The van der Waals surface area contributed by atoms with Gasteiger partial charge in [0.25, 0.3) is 5.91 Å². The maximum absolute atomic E-state index is 12.1. The second-order valence-electron chi connectivity index (χ2n) is 3.75. The highest BCUT2D eigenvalue weighted by Gasteiger charge is 2.13. The number of ether oxygens (including phenoxy) is 1. The van der Waals surface area contributed by atoms with Crippen LogP contribution in [-0.2, 0) is 0 Å². The van der Waals surface area contributed by atoms with Gasteiger partial charge in [-0.2, -0.15) is 0 Å². The van der Waals surface area contributed by atoms with Crippen molar-refractivity contribution < 1.29 is 9.53 Å². The number of amides is 1. The van der Waals surface area contributed by atoms with Gasteiger partial charge in [0.15, 0.2) is 5.16 Å². The predicted octanol–water partition coefficient (Wildman–Crippen LogP) is 3.11. The highest BCUT2D eigenvalue weighted by Crippen LogP contribution is 2.20. The fourth-order valence-electron chi connectivity index (χ4n) is 1.50. The first-order valence-corrected chi connectivity index (χ1v) is 7.26. The molecule has 0 unspecified atom stereocenters. The third-order valence-electron chi connectivity index (χ3n) is 2.47. The Kier molecular flexibility index (Phi) is 4.81. The quantitative estimate of drug-likeness (QED) is 0.534. The third kappa shape index (κ3) is 3.40. The van der Waals surface area contributed by atoms with Crippen molar-refractivity contribution in [2.45, 2.75) is 5.16 Å². The van der Waals surface area contributed by atoms with Crippen LogP contribution in [0.15, 0.2) is 35.6 Å². The molecule has 0 aliphatic carbocycles. The Hall–Kier alpha value is -1.79. The molecule has 20 heavy (non-hydrogen) atoms. The van der Waals surface area contributed by atoms with Crippen LogP contribution in [0.1, 0.15) is 10.4 Å². The summed E-state index contributed by atoms with van der Waals surface area (Å²) in [5, 5.41) is 3.37. The number of rotatable bonds is 4. The Morgan fingerprint density at radius 3 is 2.90 bits per heavy atom. The van der Waals surface area contributed by atoms with E-state index in [9.17, 15) is 4.79 Å². The van der Waals surface area contributed by atoms with Crippen LogP contribution >= 0.6 is 23.4 Å². The summed E-state index contributed by atoms with van der Waals surface area (Å²) in [6.45, 7) is 0. The molecule has 0 fully saturated rings. The highest BCUT2D eigenvalue weighted by atomic mass is 35.5. The van der Waals surface area contributed by atoms with Gasteiger partial charge < -0.3 is 10.1 Å². The van der Waals surface area contributed by atoms with Gasteiger partial charge in [-0.15, -0.1) is 0 Å². The van der Waals surface area contributed by atoms with Crippen molar-refractivity contribution >= 4 is 35.0 Å². The molecule has 0 spiro atoms. The number of thioether (sulfide) groups is 1. The Morgan fingerprint density at radius 1 is 1.45 bits per heavy atom. The first-order chi connectivity index (χ1) is 9.63. The highest BCUT2D eigenvalue weighted by molar-refractivity contribution is 7.98. The SMILES string of the molecule is COc1cccc(NC(=O)c2cnc(SC)nc2Cl)c1. The maximum atomic E-state index is 12.1. The van der Waals surface area contributed by atoms with Gasteiger partial charge in [0.05, 0.1) is 12.7 Å². The maximum Gasteiger partial charge on any atom is 0.260 e. The first-order valence-electron chi connectivity index (χ1n) is 5.66. The first kappa shape index (κ1) is 14.6. The van der Waals surface area contributed by atoms with E-state index in [0.717, 1.165) is 0 Å². The molecule has 1 aromatic carbocycles. The summed E-state index contributed by atoms with van der Waals surface area (Å²) in [5.74, 6) is 0.291. The van der Waals surface area contributed by atoms with Gasteiger partial charge in [0.1, 0.15) is 10.9 Å². The van der Waals surface area contributed by atoms with E-state index in [4.69, 9.17) is 16.3 Å². The van der Waals surface area contributed by atoms with E-state index >= 15 is 0 Å². The molecule has 104 valence electrons. The standard InChI is InChI=1S/C13H12ClN3O2S/c1-19-9-5-3-4-8(6-9)16-12(18)10-7-15-13(20-2)17-11(10)14/h3-7H,1-2H3,(H,16,18). The number of nitrogens with zero attached hydrogens (tertiary/aromatic N) is 2. The number of nitrogens with one attached hydrogen (secondary N) is 1. The van der Waals surface area contributed by atoms with Crippen molar-refractivity contribution in [2.24, 2.45) is 0 Å². The molecule has 1 N–H and O–H groups in total. The number of benzene rings is 1. The van der Waals surface area contributed by atoms with Gasteiger partial charge in [-0.25, -0.2) is 9.97 Å². The van der Waals surface area contributed by atoms with Crippen LogP contribution in [0.25, 0.3) is 0 Å². The van der Waals surface area contributed by atoms with Crippen molar-refractivity contribution in [3.05, 3.63) is 41.2 Å². The second-order valence-corrected chi connectivity index (χ2v) is 4.88. The molecule has 0 saturated carbocycles. The normalized spacial score (nSPS) is 10.2. The van der Waals surface area contributed by atoms with E-state index < -0.39 is 0 Å². The Labute approximate surface area is 125 Å². The van der Waals surface area contributed by atoms with Gasteiger partial charge in [-0.3, -0.25) is 4.79 Å². The molecule has 0 aliphatic heterocycles. The van der Waals surface area contributed by atoms with E-state index in [0.29, 0.717) is 16.6 Å². The zero-order valence-electron chi connectivity index (χ0n) is 10.9. The summed E-state index contributed by atoms with van der Waals surface area (Å²) in [6.07, 6.45) is 3.25. The minimum absolute atomic E-state index is 0.129. The Morgan fingerprint density at radius 2 is 2.25 bits per heavy atom. The van der Waals surface area contributed by atoms with Crippen LogP contribution in [0.3, 0.4) is 0 Å². The van der Waals surface area contributed by atoms with Gasteiger partial charge in [0, 0.05) is 18.0 Å². The fourth-order valence-corrected chi connectivity index (χ4v) is 2.10. The molecule has 1 aromatic heterocycles. The zero-order valence-corrected chi connectivity index (χ0v) is 12.5. The molecule has 1 heterocycles. The molecule has 0 aliphatic rings. The minimum Gasteiger partial charge on any atom is -0.497 e. The van der Waals surface area contributed by atoms with E-state index in [1.54, 1.807) is 31.4 Å². The van der Waals surface area contributed by atoms with Crippen molar-refractivity contribution in [3.8, 4) is 5.75 Å². The van der Waals surface area contributed by atoms with Crippen LogP contribution in [0.5, 0.6) is 5.75 Å². The third-order valence-corrected chi connectivity index (χ3v) is 3.32. The molecule has 0 bridgehead atoms. The summed E-state index contributed by atoms with van der Waals surface area (Å²) in [5.41, 5.74) is 0.839. The van der Waals surface area contributed by atoms with Gasteiger partial charge in [-0.05, 0) is 18.4 Å². The lowest BCUT2D eigenvalue weighted by Gasteiger charge is -2.08. The number of halogens is 1. The fraction of sp³-hybridized carbons (Fsp3) is 0.154. The summed E-state index contributed by atoms with van der Waals surface area (Å²) in [6, 6.07) is 7.04. The lowest BCUT2D eigenvalue weighted by molar-refractivity contribution is 0.102. The lowest BCUT2D eigenvalue weighted by Crippen LogP contribution is -2.13. The van der Waals surface area contributed by atoms with E-state index in [2.05, 4.69) is 15.3 Å². The number of carbonyl (C=O) groups is 1. The van der Waals surface area contributed by atoms with E-state index in [-0.39, 0.29) is 16.6 Å². The van der Waals surface area contributed by atoms with Crippen LogP contribution < -0.4 is 10.1 Å². The topological polar surface area (TPSA) is 64.1 Å². The molecule has 2 aromatic rings. The van der Waals surface area contributed by atoms with Crippen LogP contribution in [0.4, 0.5) is 5.69 Å². The monoisotopic (exact) mass is 309 g/mol. The number of methoxy groups -OCH3 is 1. The summed E-state index contributed by atoms with van der Waals surface area (Å²) < 4.78 is 5.09. The average molecular weight is 310 g/mol. The lowest BCUT2D eigenvalue weighted by atomic mass is 10.2. The van der Waals surface area contributed by atoms with Crippen molar-refractivity contribution in [3.63, 3.8) is 0 Å². The van der Waals surface area contributed by atoms with Gasteiger partial charge in [0.2, 0.25) is 0 Å². The summed E-state index contributed by atoms with van der Waals surface area (Å²) in [4.78, 5) is 20.2. The molecular formula is C13H12ClN3O2S. The number of aromatic nitrogens is 2. The number of hydrogen-bond acceptors (Lipinski definition) is 5. The molecule has 5 nitrogen and oxygen atoms in total. The van der Waals surface area contributed by atoms with Crippen LogP contribution in [0, 0.1) is 0 Å². The molecule has 2 rings (SSSR count). The number of hydrogen-bond donors (Lipinski definition) is 1. The van der Waals surface area contributed by atoms with Crippen molar-refractivity contribution in [1.29, 1.82) is 0 Å². The molecule has 0 saturated heterocycles. The van der Waals surface area contributed by atoms with Crippen LogP contribution in [-0.4, -0.2) is 29.2 Å². The molecular weight excluding hydrogens is 298 g/mol. The minimum atomic E-state index is -0.365. The predicted molar refractivity (Wildman–Crippen MR) is 79.8 cm³/mol. The smallest absolute Gasteiger partial charge is 0.260 e. The second kappa shape index (κ2) is 6.58. The zero-order chi connectivity index (χ0) is 14.5. The summed E-state index contributed by atoms with van der Waals surface area (Å²) in [7, 11) is 1.56. The van der Waals surface area contributed by atoms with E-state index in [1.807, 2.05) is 6.26 Å². The average Bonchev–Trinajstić information content (AvgIpc) is 2.47. The molecule has 0 radical (unpaired) electrons.